The van der Waals surface area contributed by atoms with Gasteiger partial charge in [0.05, 0.1) is 39.6 Å². The summed E-state index contributed by atoms with van der Waals surface area (Å²) in [5, 5.41) is 11.6. The van der Waals surface area contributed by atoms with Gasteiger partial charge in [-0.05, 0) is 83.7 Å². The highest BCUT2D eigenvalue weighted by atomic mass is 127. The van der Waals surface area contributed by atoms with Gasteiger partial charge in [-0.1, -0.05) is 137 Å². The summed E-state index contributed by atoms with van der Waals surface area (Å²) in [6, 6.07) is 42.3. The van der Waals surface area contributed by atoms with E-state index in [0.717, 1.165) is 50.0 Å². The van der Waals surface area contributed by atoms with Gasteiger partial charge in [0.15, 0.2) is 0 Å². The number of rotatable bonds is 19. The minimum absolute atomic E-state index is 0.283. The van der Waals surface area contributed by atoms with Crippen molar-refractivity contribution in [3.63, 3.8) is 0 Å². The van der Waals surface area contributed by atoms with E-state index in [1.807, 2.05) is 116 Å². The molecule has 0 aromatic heterocycles. The molecule has 1 aliphatic heterocycles. The number of aliphatic hydroxyl groups excluding tert-OH is 1. The van der Waals surface area contributed by atoms with Crippen LogP contribution in [0.25, 0.3) is 0 Å². The van der Waals surface area contributed by atoms with Crippen LogP contribution in [0.3, 0.4) is 0 Å². The molecule has 0 unspecified atom stereocenters. The second kappa shape index (κ2) is 20.3. The Morgan fingerprint density at radius 1 is 0.679 bits per heavy atom. The van der Waals surface area contributed by atoms with Crippen LogP contribution in [0.4, 0.5) is 0 Å². The van der Waals surface area contributed by atoms with Crippen molar-refractivity contribution in [1.82, 2.24) is 0 Å². The van der Waals surface area contributed by atoms with Crippen molar-refractivity contribution in [2.24, 2.45) is 11.8 Å². The number of hydrogen-bond donors (Lipinski definition) is 1. The maximum absolute atomic E-state index is 11.0. The van der Waals surface area contributed by atoms with Crippen LogP contribution in [0.2, 0.25) is 5.02 Å². The molecule has 2 aliphatic rings. The molecule has 5 aromatic carbocycles. The van der Waals surface area contributed by atoms with Crippen LogP contribution < -0.4 is 9.47 Å². The quantitative estimate of drug-likeness (QED) is 0.0654. The van der Waals surface area contributed by atoms with Gasteiger partial charge in [-0.25, -0.2) is 0 Å². The first-order valence-corrected chi connectivity index (χ1v) is 21.4. The first kappa shape index (κ1) is 40.7. The maximum Gasteiger partial charge on any atom is 0.126 e. The Hall–Kier alpha value is -3.48. The number of aliphatic hydroxyl groups is 1. The second-order valence-electron chi connectivity index (χ2n) is 14.5. The number of halogens is 2. The van der Waals surface area contributed by atoms with Crippen molar-refractivity contribution in [3.8, 4) is 11.5 Å². The third kappa shape index (κ3) is 10.7. The molecule has 5 aromatic rings. The fraction of sp³-hybridized carbons (Fsp3) is 0.362. The molecule has 2 fully saturated rings. The van der Waals surface area contributed by atoms with Crippen LogP contribution >= 0.6 is 34.2 Å². The van der Waals surface area contributed by atoms with Crippen molar-refractivity contribution < 1.29 is 33.5 Å². The van der Waals surface area contributed by atoms with Gasteiger partial charge in [-0.2, -0.15) is 0 Å². The second-order valence-corrected chi connectivity index (χ2v) is 15.8. The molecule has 1 saturated heterocycles. The van der Waals surface area contributed by atoms with E-state index in [4.69, 9.17) is 40.0 Å². The average Bonchev–Trinajstić information content (AvgIpc) is 4.02. The van der Waals surface area contributed by atoms with Crippen molar-refractivity contribution in [1.29, 1.82) is 0 Å². The Balaban J connectivity index is 1.28. The van der Waals surface area contributed by atoms with Gasteiger partial charge in [0, 0.05) is 15.0 Å². The predicted molar refractivity (Wildman–Crippen MR) is 228 cm³/mol. The highest BCUT2D eigenvalue weighted by Crippen LogP contribution is 2.45. The molecule has 0 bridgehead atoms. The topological polar surface area (TPSA) is 75.6 Å². The Kier molecular flexibility index (Phi) is 14.7. The molecule has 1 N–H and O–H groups in total. The third-order valence-corrected chi connectivity index (χ3v) is 12.0. The van der Waals surface area contributed by atoms with Crippen molar-refractivity contribution in [2.75, 3.05) is 24.2 Å². The molecule has 1 heterocycles. The van der Waals surface area contributed by atoms with Gasteiger partial charge in [0.25, 0.3) is 0 Å². The Morgan fingerprint density at radius 3 is 1.79 bits per heavy atom. The molecule has 0 radical (unpaired) electrons. The summed E-state index contributed by atoms with van der Waals surface area (Å²) in [5.41, 5.74) is 5.85. The molecule has 0 amide bonds. The molecule has 56 heavy (non-hydrogen) atoms. The van der Waals surface area contributed by atoms with Crippen LogP contribution in [0.15, 0.2) is 127 Å². The zero-order chi connectivity index (χ0) is 38.7. The van der Waals surface area contributed by atoms with Crippen LogP contribution in [0, 0.1) is 11.8 Å². The summed E-state index contributed by atoms with van der Waals surface area (Å²) in [5.74, 6) is 2.61. The van der Waals surface area contributed by atoms with E-state index in [1.165, 1.54) is 0 Å². The third-order valence-electron chi connectivity index (χ3n) is 10.5. The summed E-state index contributed by atoms with van der Waals surface area (Å²) in [6.07, 6.45) is -1.65. The van der Waals surface area contributed by atoms with Crippen molar-refractivity contribution in [3.05, 3.63) is 166 Å². The summed E-state index contributed by atoms with van der Waals surface area (Å²) >= 11 is 9.55. The molecule has 0 spiro atoms. The molecule has 7 rings (SSSR count). The fourth-order valence-corrected chi connectivity index (χ4v) is 8.58. The van der Waals surface area contributed by atoms with Gasteiger partial charge in [0.1, 0.15) is 42.0 Å². The van der Waals surface area contributed by atoms with E-state index in [2.05, 4.69) is 40.8 Å². The Labute approximate surface area is 349 Å². The highest BCUT2D eigenvalue weighted by Gasteiger charge is 2.49. The van der Waals surface area contributed by atoms with Gasteiger partial charge < -0.3 is 33.5 Å². The first-order valence-electron chi connectivity index (χ1n) is 19.5. The number of alkyl halides is 1. The molecule has 1 aliphatic carbocycles. The van der Waals surface area contributed by atoms with Gasteiger partial charge in [0.2, 0.25) is 0 Å². The van der Waals surface area contributed by atoms with Gasteiger partial charge in [-0.15, -0.1) is 0 Å². The molecule has 9 heteroatoms. The summed E-state index contributed by atoms with van der Waals surface area (Å²) in [6.45, 7) is 3.82. The predicted octanol–water partition coefficient (Wildman–Crippen LogP) is 9.97. The van der Waals surface area contributed by atoms with E-state index >= 15 is 0 Å². The Bertz CT molecular complexity index is 1930. The Morgan fingerprint density at radius 2 is 1.25 bits per heavy atom. The van der Waals surface area contributed by atoms with Gasteiger partial charge >= 0.3 is 0 Å². The normalized spacial score (nSPS) is 23.1. The van der Waals surface area contributed by atoms with Crippen molar-refractivity contribution >= 4 is 34.2 Å². The van der Waals surface area contributed by atoms with Gasteiger partial charge in [-0.3, -0.25) is 0 Å². The van der Waals surface area contributed by atoms with Crippen LogP contribution in [0.5, 0.6) is 11.5 Å². The number of hydrogen-bond acceptors (Lipinski definition) is 7. The lowest BCUT2D eigenvalue weighted by molar-refractivity contribution is -0.272. The molecule has 1 saturated carbocycles. The van der Waals surface area contributed by atoms with E-state index in [1.54, 1.807) is 0 Å². The van der Waals surface area contributed by atoms with E-state index in [-0.39, 0.29) is 6.61 Å². The summed E-state index contributed by atoms with van der Waals surface area (Å²) < 4.78 is 41.0. The number of ether oxygens (including phenoxy) is 6. The minimum Gasteiger partial charge on any atom is -0.494 e. The smallest absolute Gasteiger partial charge is 0.126 e. The SMILES string of the molecule is CCOc1ccc(Cc2cc([C@@H]3O[C@H](CO)[C@@H](OCc4ccccc4)[C@H](OCc4ccccc4)[C@H]3OCc3ccccc3)c(OC[C@H]3C[C@H]3CI)cc2Cl)cc1. The molecular formula is C47H50ClIO7. The fourth-order valence-electron chi connectivity index (χ4n) is 7.28. The number of benzene rings is 5. The zero-order valence-corrected chi connectivity index (χ0v) is 34.6. The largest absolute Gasteiger partial charge is 0.494 e. The van der Waals surface area contributed by atoms with Crippen LogP contribution in [0.1, 0.15) is 52.8 Å². The first-order chi connectivity index (χ1) is 27.5. The minimum atomic E-state index is -0.731. The van der Waals surface area contributed by atoms with Crippen molar-refractivity contribution in [2.45, 2.75) is 70.1 Å². The average molecular weight is 889 g/mol. The lowest BCUT2D eigenvalue weighted by Crippen LogP contribution is -2.58. The van der Waals surface area contributed by atoms with E-state index in [9.17, 15) is 5.11 Å². The lowest BCUT2D eigenvalue weighted by Gasteiger charge is -2.46. The van der Waals surface area contributed by atoms with E-state index < -0.39 is 30.5 Å². The lowest BCUT2D eigenvalue weighted by atomic mass is 9.88. The standard InChI is InChI=1S/C47H50ClIO7/c1-2-51-39-20-18-32(19-21-39)22-36-24-40(42(25-41(36)48)52-31-38-23-37(38)26-49)44-46(54-29-34-14-8-4-9-15-34)47(55-30-35-16-10-5-11-17-35)45(43(27-50)56-44)53-28-33-12-6-3-7-13-33/h3-21,24-25,37-38,43-47,50H,2,22-23,26-31H2,1H3/t37-,38+,43+,44-,45+,46-,47-/m0/s1. The summed E-state index contributed by atoms with van der Waals surface area (Å²) in [4.78, 5) is 0. The van der Waals surface area contributed by atoms with Crippen LogP contribution in [-0.4, -0.2) is 53.8 Å². The monoisotopic (exact) mass is 888 g/mol. The molecule has 7 nitrogen and oxygen atoms in total. The van der Waals surface area contributed by atoms with E-state index in [0.29, 0.717) is 62.1 Å². The maximum atomic E-state index is 11.0. The molecular weight excluding hydrogens is 839 g/mol. The highest BCUT2D eigenvalue weighted by molar-refractivity contribution is 14.1. The zero-order valence-electron chi connectivity index (χ0n) is 31.7. The molecule has 7 atom stereocenters. The molecule has 294 valence electrons. The summed E-state index contributed by atoms with van der Waals surface area (Å²) in [7, 11) is 0. The van der Waals surface area contributed by atoms with Crippen LogP contribution in [-0.2, 0) is 45.2 Å².